The van der Waals surface area contributed by atoms with Crippen molar-refractivity contribution in [2.75, 3.05) is 13.1 Å². The Bertz CT molecular complexity index is 855. The van der Waals surface area contributed by atoms with Crippen molar-refractivity contribution >= 4 is 39.4 Å². The third kappa shape index (κ3) is 3.45. The maximum Gasteiger partial charge on any atom is 0.263 e. The second kappa shape index (κ2) is 6.97. The van der Waals surface area contributed by atoms with Crippen molar-refractivity contribution in [2.24, 2.45) is 5.92 Å². The lowest BCUT2D eigenvalue weighted by Crippen LogP contribution is -2.45. The number of thiophene rings is 1. The van der Waals surface area contributed by atoms with E-state index >= 15 is 0 Å². The molecule has 0 radical (unpaired) electrons. The van der Waals surface area contributed by atoms with Crippen LogP contribution in [-0.4, -0.2) is 39.2 Å². The first-order valence-electron chi connectivity index (χ1n) is 8.22. The minimum Gasteiger partial charge on any atom is -0.350 e. The zero-order valence-electron chi connectivity index (χ0n) is 13.6. The molecule has 0 saturated carbocycles. The number of hydrogen-bond acceptors (Lipinski definition) is 5. The molecule has 1 fully saturated rings. The van der Waals surface area contributed by atoms with Crippen molar-refractivity contribution in [3.05, 3.63) is 45.9 Å². The van der Waals surface area contributed by atoms with E-state index < -0.39 is 0 Å². The summed E-state index contributed by atoms with van der Waals surface area (Å²) in [5.74, 6) is -0.122. The van der Waals surface area contributed by atoms with E-state index in [1.165, 1.54) is 11.3 Å². The van der Waals surface area contributed by atoms with Gasteiger partial charge in [-0.05, 0) is 24.3 Å². The Morgan fingerprint density at radius 1 is 1.32 bits per heavy atom. The molecule has 6 nitrogen and oxygen atoms in total. The number of amides is 2. The quantitative estimate of drug-likeness (QED) is 0.763. The number of piperidine rings is 1. The fraction of sp³-hybridized carbons (Fsp3) is 0.353. The van der Waals surface area contributed by atoms with E-state index in [0.29, 0.717) is 13.1 Å². The SMILES string of the molecule is O=C(NCc1cn2ccsc2n1)C1CCCN(C(=O)c2cccs2)C1. The number of nitrogens with zero attached hydrogens (tertiary/aromatic N) is 3. The van der Waals surface area contributed by atoms with Gasteiger partial charge >= 0.3 is 0 Å². The van der Waals surface area contributed by atoms with E-state index in [0.717, 1.165) is 34.9 Å². The number of nitrogens with one attached hydrogen (secondary N) is 1. The van der Waals surface area contributed by atoms with E-state index in [9.17, 15) is 9.59 Å². The summed E-state index contributed by atoms with van der Waals surface area (Å²) in [6, 6.07) is 3.71. The van der Waals surface area contributed by atoms with Crippen LogP contribution in [-0.2, 0) is 11.3 Å². The van der Waals surface area contributed by atoms with E-state index in [1.54, 1.807) is 16.2 Å². The van der Waals surface area contributed by atoms with Gasteiger partial charge in [-0.1, -0.05) is 6.07 Å². The lowest BCUT2D eigenvalue weighted by Gasteiger charge is -2.31. The van der Waals surface area contributed by atoms with Gasteiger partial charge in [0.05, 0.1) is 23.0 Å². The van der Waals surface area contributed by atoms with Gasteiger partial charge in [0.25, 0.3) is 5.91 Å². The topological polar surface area (TPSA) is 66.7 Å². The average Bonchev–Trinajstić information content (AvgIpc) is 3.36. The molecule has 1 atom stereocenters. The van der Waals surface area contributed by atoms with Crippen molar-refractivity contribution < 1.29 is 9.59 Å². The molecule has 130 valence electrons. The second-order valence-electron chi connectivity index (χ2n) is 6.11. The van der Waals surface area contributed by atoms with Crippen LogP contribution in [0, 0.1) is 5.92 Å². The molecular formula is C17H18N4O2S2. The van der Waals surface area contributed by atoms with Gasteiger partial charge in [0.15, 0.2) is 4.96 Å². The number of carbonyl (C=O) groups excluding carboxylic acids is 2. The molecule has 1 unspecified atom stereocenters. The lowest BCUT2D eigenvalue weighted by atomic mass is 9.97. The number of likely N-dealkylation sites (tertiary alicyclic amines) is 1. The van der Waals surface area contributed by atoms with Crippen LogP contribution >= 0.6 is 22.7 Å². The summed E-state index contributed by atoms with van der Waals surface area (Å²) in [4.78, 5) is 32.9. The summed E-state index contributed by atoms with van der Waals surface area (Å²) < 4.78 is 1.95. The van der Waals surface area contributed by atoms with Gasteiger partial charge in [0, 0.05) is 30.9 Å². The van der Waals surface area contributed by atoms with Crippen LogP contribution in [0.5, 0.6) is 0 Å². The Labute approximate surface area is 153 Å². The van der Waals surface area contributed by atoms with Crippen LogP contribution in [0.1, 0.15) is 28.2 Å². The molecule has 0 spiro atoms. The van der Waals surface area contributed by atoms with Crippen molar-refractivity contribution in [3.63, 3.8) is 0 Å². The van der Waals surface area contributed by atoms with Crippen LogP contribution < -0.4 is 5.32 Å². The van der Waals surface area contributed by atoms with Crippen molar-refractivity contribution in [3.8, 4) is 0 Å². The van der Waals surface area contributed by atoms with Crippen LogP contribution in [0.4, 0.5) is 0 Å². The zero-order valence-corrected chi connectivity index (χ0v) is 15.2. The number of thiazole rings is 1. The summed E-state index contributed by atoms with van der Waals surface area (Å²) >= 11 is 3.01. The van der Waals surface area contributed by atoms with Gasteiger partial charge in [-0.15, -0.1) is 22.7 Å². The zero-order chi connectivity index (χ0) is 17.2. The van der Waals surface area contributed by atoms with E-state index in [1.807, 2.05) is 39.7 Å². The minimum atomic E-state index is -0.151. The molecule has 1 N–H and O–H groups in total. The van der Waals surface area contributed by atoms with Gasteiger partial charge < -0.3 is 10.2 Å². The summed E-state index contributed by atoms with van der Waals surface area (Å²) in [5.41, 5.74) is 0.850. The average molecular weight is 374 g/mol. The molecule has 25 heavy (non-hydrogen) atoms. The highest BCUT2D eigenvalue weighted by molar-refractivity contribution is 7.15. The Morgan fingerprint density at radius 3 is 3.04 bits per heavy atom. The first-order valence-corrected chi connectivity index (χ1v) is 9.98. The van der Waals surface area contributed by atoms with Crippen molar-refractivity contribution in [1.29, 1.82) is 0 Å². The molecule has 8 heteroatoms. The normalized spacial score (nSPS) is 17.8. The summed E-state index contributed by atoms with van der Waals surface area (Å²) in [7, 11) is 0. The minimum absolute atomic E-state index is 0.0000317. The number of rotatable bonds is 4. The van der Waals surface area contributed by atoms with E-state index in [2.05, 4.69) is 10.3 Å². The number of hydrogen-bond donors (Lipinski definition) is 1. The van der Waals surface area contributed by atoms with Gasteiger partial charge in [-0.25, -0.2) is 4.98 Å². The van der Waals surface area contributed by atoms with Crippen LogP contribution in [0.3, 0.4) is 0 Å². The Kier molecular flexibility index (Phi) is 4.54. The Morgan fingerprint density at radius 2 is 2.24 bits per heavy atom. The van der Waals surface area contributed by atoms with Crippen molar-refractivity contribution in [1.82, 2.24) is 19.6 Å². The molecule has 1 saturated heterocycles. The van der Waals surface area contributed by atoms with Crippen molar-refractivity contribution in [2.45, 2.75) is 19.4 Å². The molecule has 4 rings (SSSR count). The molecule has 4 heterocycles. The molecule has 3 aromatic rings. The molecule has 2 amide bonds. The van der Waals surface area contributed by atoms with E-state index in [4.69, 9.17) is 0 Å². The molecule has 0 aliphatic carbocycles. The highest BCUT2D eigenvalue weighted by atomic mass is 32.1. The van der Waals surface area contributed by atoms with Gasteiger partial charge in [-0.2, -0.15) is 0 Å². The molecule has 0 aromatic carbocycles. The maximum atomic E-state index is 12.5. The van der Waals surface area contributed by atoms with Crippen LogP contribution in [0.25, 0.3) is 4.96 Å². The molecule has 3 aromatic heterocycles. The number of carbonyl (C=O) groups is 2. The fourth-order valence-electron chi connectivity index (χ4n) is 3.11. The third-order valence-electron chi connectivity index (χ3n) is 4.40. The van der Waals surface area contributed by atoms with Crippen LogP contribution in [0.2, 0.25) is 0 Å². The molecular weight excluding hydrogens is 356 g/mol. The lowest BCUT2D eigenvalue weighted by molar-refractivity contribution is -0.126. The number of imidazole rings is 1. The Balaban J connectivity index is 1.35. The highest BCUT2D eigenvalue weighted by Gasteiger charge is 2.29. The maximum absolute atomic E-state index is 12.5. The first-order chi connectivity index (χ1) is 12.2. The second-order valence-corrected chi connectivity index (χ2v) is 7.93. The molecule has 0 bridgehead atoms. The molecule has 1 aliphatic rings. The number of aromatic nitrogens is 2. The highest BCUT2D eigenvalue weighted by Crippen LogP contribution is 2.21. The Hall–Kier alpha value is -2.19. The molecule has 1 aliphatic heterocycles. The standard InChI is InChI=1S/C17H18N4O2S2/c22-15(18-9-13-11-21-6-8-25-17(21)19-13)12-3-1-5-20(10-12)16(23)14-4-2-7-24-14/h2,4,6-8,11-12H,1,3,5,9-10H2,(H,18,22). The fourth-order valence-corrected chi connectivity index (χ4v) is 4.52. The van der Waals surface area contributed by atoms with Gasteiger partial charge in [0.1, 0.15) is 0 Å². The smallest absolute Gasteiger partial charge is 0.263 e. The summed E-state index contributed by atoms with van der Waals surface area (Å²) in [6.45, 7) is 1.63. The monoisotopic (exact) mass is 374 g/mol. The predicted molar refractivity (Wildman–Crippen MR) is 97.9 cm³/mol. The predicted octanol–water partition coefficient (Wildman–Crippen LogP) is 2.63. The van der Waals surface area contributed by atoms with Gasteiger partial charge in [-0.3, -0.25) is 14.0 Å². The van der Waals surface area contributed by atoms with Crippen LogP contribution in [0.15, 0.2) is 35.3 Å². The largest absolute Gasteiger partial charge is 0.350 e. The van der Waals surface area contributed by atoms with E-state index in [-0.39, 0.29) is 17.7 Å². The van der Waals surface area contributed by atoms with Gasteiger partial charge in [0.2, 0.25) is 5.91 Å². The summed E-state index contributed by atoms with van der Waals surface area (Å²) in [5, 5.41) is 6.85. The number of fused-ring (bicyclic) bond motifs is 1. The first kappa shape index (κ1) is 16.3. The third-order valence-corrected chi connectivity index (χ3v) is 6.03. The summed E-state index contributed by atoms with van der Waals surface area (Å²) in [6.07, 6.45) is 5.56.